The molecule has 0 amide bonds. The van der Waals surface area contributed by atoms with E-state index in [-0.39, 0.29) is 0 Å². The van der Waals surface area contributed by atoms with E-state index in [0.717, 1.165) is 57.7 Å². The first-order valence-corrected chi connectivity index (χ1v) is 10.8. The fourth-order valence-electron chi connectivity index (χ4n) is 4.34. The summed E-state index contributed by atoms with van der Waals surface area (Å²) >= 11 is 0. The number of aldehydes is 1. The van der Waals surface area contributed by atoms with Gasteiger partial charge in [0.05, 0.1) is 24.9 Å². The zero-order valence-electron chi connectivity index (χ0n) is 16.9. The lowest BCUT2D eigenvalue weighted by Gasteiger charge is -2.33. The molecule has 6 nitrogen and oxygen atoms in total. The molecule has 1 aromatic rings. The van der Waals surface area contributed by atoms with Crippen molar-refractivity contribution < 1.29 is 9.53 Å². The number of aryl methyl sites for hydroxylation is 1. The van der Waals surface area contributed by atoms with E-state index in [0.29, 0.717) is 19.2 Å². The fourth-order valence-corrected chi connectivity index (χ4v) is 4.34. The van der Waals surface area contributed by atoms with E-state index >= 15 is 0 Å². The second kappa shape index (κ2) is 10.9. The lowest BCUT2D eigenvalue weighted by atomic mass is 9.95. The van der Waals surface area contributed by atoms with E-state index in [1.165, 1.54) is 44.2 Å². The third-order valence-corrected chi connectivity index (χ3v) is 5.95. The molecule has 0 bridgehead atoms. The molecule has 1 aliphatic heterocycles. The van der Waals surface area contributed by atoms with Crippen LogP contribution in [-0.2, 0) is 16.1 Å². The summed E-state index contributed by atoms with van der Waals surface area (Å²) in [6.45, 7) is 9.49. The Hall–Kier alpha value is -1.24. The van der Waals surface area contributed by atoms with Crippen LogP contribution < -0.4 is 0 Å². The molecule has 27 heavy (non-hydrogen) atoms. The monoisotopic (exact) mass is 376 g/mol. The summed E-state index contributed by atoms with van der Waals surface area (Å²) in [7, 11) is 0. The molecule has 1 saturated heterocycles. The lowest BCUT2D eigenvalue weighted by Crippen LogP contribution is -2.47. The highest BCUT2D eigenvalue weighted by Gasteiger charge is 2.18. The molecular formula is C21H36N4O2. The average Bonchev–Trinajstić information content (AvgIpc) is 3.07. The van der Waals surface area contributed by atoms with Crippen LogP contribution in [0.1, 0.15) is 62.4 Å². The molecule has 2 aliphatic rings. The van der Waals surface area contributed by atoms with Gasteiger partial charge in [-0.15, -0.1) is 0 Å². The Labute approximate surface area is 163 Å². The number of piperazine rings is 1. The second-order valence-electron chi connectivity index (χ2n) is 8.08. The minimum absolute atomic E-state index is 0.581. The van der Waals surface area contributed by atoms with Gasteiger partial charge in [0.1, 0.15) is 6.29 Å². The molecule has 1 saturated carbocycles. The number of carbonyl (C=O) groups is 1. The van der Waals surface area contributed by atoms with Crippen LogP contribution in [0.25, 0.3) is 0 Å². The SMILES string of the molecule is Cc1cc(COCCCCN2CCN(CC=O)CC2)nn1C1CCCCC1. The number of rotatable bonds is 10. The zero-order valence-corrected chi connectivity index (χ0v) is 16.9. The topological polar surface area (TPSA) is 50.6 Å². The van der Waals surface area contributed by atoms with Gasteiger partial charge in [-0.1, -0.05) is 19.3 Å². The van der Waals surface area contributed by atoms with E-state index in [2.05, 4.69) is 27.5 Å². The van der Waals surface area contributed by atoms with Crippen molar-refractivity contribution in [3.05, 3.63) is 17.5 Å². The standard InChI is InChI=1S/C21H36N4O2/c1-19-17-20(22-25(19)21-7-3-2-4-8-21)18-27-16-6-5-9-23-10-12-24(13-11-23)14-15-26/h15,17,21H,2-14,16,18H2,1H3. The molecule has 2 fully saturated rings. The van der Waals surface area contributed by atoms with Crippen molar-refractivity contribution in [1.82, 2.24) is 19.6 Å². The highest BCUT2D eigenvalue weighted by atomic mass is 16.5. The summed E-state index contributed by atoms with van der Waals surface area (Å²) in [5.74, 6) is 0. The van der Waals surface area contributed by atoms with E-state index in [1.807, 2.05) is 0 Å². The first-order valence-electron chi connectivity index (χ1n) is 10.8. The Kier molecular flexibility index (Phi) is 8.30. The van der Waals surface area contributed by atoms with Crippen molar-refractivity contribution in [2.24, 2.45) is 0 Å². The summed E-state index contributed by atoms with van der Waals surface area (Å²) in [5.41, 5.74) is 2.35. The summed E-state index contributed by atoms with van der Waals surface area (Å²) in [6, 6.07) is 2.78. The summed E-state index contributed by atoms with van der Waals surface area (Å²) in [4.78, 5) is 15.3. The van der Waals surface area contributed by atoms with Crippen LogP contribution >= 0.6 is 0 Å². The van der Waals surface area contributed by atoms with Crippen molar-refractivity contribution in [1.29, 1.82) is 0 Å². The Balaban J connectivity index is 1.27. The minimum Gasteiger partial charge on any atom is -0.375 e. The third kappa shape index (κ3) is 6.40. The van der Waals surface area contributed by atoms with Gasteiger partial charge in [0.2, 0.25) is 0 Å². The van der Waals surface area contributed by atoms with Gasteiger partial charge >= 0.3 is 0 Å². The fraction of sp³-hybridized carbons (Fsp3) is 0.810. The Morgan fingerprint density at radius 3 is 2.59 bits per heavy atom. The van der Waals surface area contributed by atoms with Gasteiger partial charge in [0.15, 0.2) is 0 Å². The maximum Gasteiger partial charge on any atom is 0.133 e. The lowest BCUT2D eigenvalue weighted by molar-refractivity contribution is -0.109. The quantitative estimate of drug-likeness (QED) is 0.464. The number of carbonyl (C=O) groups excluding carboxylic acids is 1. The number of unbranched alkanes of at least 4 members (excludes halogenated alkanes) is 1. The molecule has 3 rings (SSSR count). The molecule has 6 heteroatoms. The van der Waals surface area contributed by atoms with Crippen molar-refractivity contribution >= 4 is 6.29 Å². The third-order valence-electron chi connectivity index (χ3n) is 5.95. The van der Waals surface area contributed by atoms with Crippen molar-refractivity contribution in [2.75, 3.05) is 45.9 Å². The van der Waals surface area contributed by atoms with Gasteiger partial charge in [-0.25, -0.2) is 0 Å². The van der Waals surface area contributed by atoms with Crippen LogP contribution in [-0.4, -0.2) is 71.7 Å². The number of ether oxygens (including phenoxy) is 1. The maximum absolute atomic E-state index is 10.6. The molecule has 0 aromatic carbocycles. The molecular weight excluding hydrogens is 340 g/mol. The van der Waals surface area contributed by atoms with Crippen molar-refractivity contribution in [3.8, 4) is 0 Å². The summed E-state index contributed by atoms with van der Waals surface area (Å²) < 4.78 is 8.11. The highest BCUT2D eigenvalue weighted by Crippen LogP contribution is 2.28. The van der Waals surface area contributed by atoms with E-state index < -0.39 is 0 Å². The number of nitrogens with zero attached hydrogens (tertiary/aromatic N) is 4. The predicted molar refractivity (Wildman–Crippen MR) is 107 cm³/mol. The molecule has 0 radical (unpaired) electrons. The average molecular weight is 377 g/mol. The molecule has 0 atom stereocenters. The summed E-state index contributed by atoms with van der Waals surface area (Å²) in [5, 5.41) is 4.80. The van der Waals surface area contributed by atoms with Crippen LogP contribution in [0.3, 0.4) is 0 Å². The maximum atomic E-state index is 10.6. The minimum atomic E-state index is 0.581. The molecule has 1 aliphatic carbocycles. The smallest absolute Gasteiger partial charge is 0.133 e. The predicted octanol–water partition coefficient (Wildman–Crippen LogP) is 2.81. The molecule has 2 heterocycles. The normalized spacial score (nSPS) is 20.2. The molecule has 0 unspecified atom stereocenters. The van der Waals surface area contributed by atoms with Crippen molar-refractivity contribution in [3.63, 3.8) is 0 Å². The van der Waals surface area contributed by atoms with E-state index in [4.69, 9.17) is 9.84 Å². The zero-order chi connectivity index (χ0) is 18.9. The first kappa shape index (κ1) is 20.5. The van der Waals surface area contributed by atoms with Crippen molar-refractivity contribution in [2.45, 2.75) is 64.5 Å². The number of hydrogen-bond acceptors (Lipinski definition) is 5. The van der Waals surface area contributed by atoms with Gasteiger partial charge in [-0.3, -0.25) is 9.58 Å². The molecule has 0 N–H and O–H groups in total. The number of aromatic nitrogens is 2. The van der Waals surface area contributed by atoms with Gasteiger partial charge in [-0.05, 0) is 45.2 Å². The Bertz CT molecular complexity index is 561. The van der Waals surface area contributed by atoms with Gasteiger partial charge in [0.25, 0.3) is 0 Å². The largest absolute Gasteiger partial charge is 0.375 e. The molecule has 0 spiro atoms. The van der Waals surface area contributed by atoms with Gasteiger partial charge < -0.3 is 14.4 Å². The van der Waals surface area contributed by atoms with E-state index in [9.17, 15) is 4.79 Å². The van der Waals surface area contributed by atoms with Crippen LogP contribution in [0.2, 0.25) is 0 Å². The van der Waals surface area contributed by atoms with E-state index in [1.54, 1.807) is 0 Å². The second-order valence-corrected chi connectivity index (χ2v) is 8.08. The molecule has 152 valence electrons. The van der Waals surface area contributed by atoms with Gasteiger partial charge in [0, 0.05) is 38.5 Å². The van der Waals surface area contributed by atoms with Crippen LogP contribution in [0.4, 0.5) is 0 Å². The Morgan fingerprint density at radius 2 is 1.85 bits per heavy atom. The van der Waals surface area contributed by atoms with Gasteiger partial charge in [-0.2, -0.15) is 5.10 Å². The van der Waals surface area contributed by atoms with Crippen LogP contribution in [0.5, 0.6) is 0 Å². The highest BCUT2D eigenvalue weighted by molar-refractivity contribution is 5.51. The van der Waals surface area contributed by atoms with Crippen LogP contribution in [0.15, 0.2) is 6.07 Å². The summed E-state index contributed by atoms with van der Waals surface area (Å²) in [6.07, 6.45) is 9.86. The number of hydrogen-bond donors (Lipinski definition) is 0. The van der Waals surface area contributed by atoms with Crippen LogP contribution in [0, 0.1) is 6.92 Å². The molecule has 1 aromatic heterocycles. The Morgan fingerprint density at radius 1 is 1.11 bits per heavy atom. The first-order chi connectivity index (χ1) is 13.3.